The third-order valence-corrected chi connectivity index (χ3v) is 3.65. The zero-order valence-electron chi connectivity index (χ0n) is 10.8. The first-order chi connectivity index (χ1) is 9.11. The molecule has 1 aromatic carbocycles. The number of nitrogens with zero attached hydrogens (tertiary/aromatic N) is 1. The fourth-order valence-electron chi connectivity index (χ4n) is 2.65. The molecular weight excluding hydrogens is 242 g/mol. The van der Waals surface area contributed by atoms with E-state index in [1.165, 1.54) is 5.56 Å². The number of likely N-dealkylation sites (tertiary alicyclic amines) is 1. The Morgan fingerprint density at radius 1 is 1.21 bits per heavy atom. The quantitative estimate of drug-likeness (QED) is 0.751. The lowest BCUT2D eigenvalue weighted by molar-refractivity contribution is -0.134. The van der Waals surface area contributed by atoms with E-state index in [-0.39, 0.29) is 24.2 Å². The molecule has 0 aliphatic carbocycles. The van der Waals surface area contributed by atoms with E-state index in [9.17, 15) is 9.59 Å². The van der Waals surface area contributed by atoms with Gasteiger partial charge < -0.3 is 16.4 Å². The second-order valence-corrected chi connectivity index (χ2v) is 4.95. The van der Waals surface area contributed by atoms with Crippen molar-refractivity contribution in [3.05, 3.63) is 35.9 Å². The molecule has 1 aliphatic heterocycles. The van der Waals surface area contributed by atoms with Crippen LogP contribution in [0.25, 0.3) is 0 Å². The average Bonchev–Trinajstić information content (AvgIpc) is 2.83. The van der Waals surface area contributed by atoms with Crippen LogP contribution in [0.4, 0.5) is 0 Å². The second kappa shape index (κ2) is 5.84. The maximum atomic E-state index is 11.9. The van der Waals surface area contributed by atoms with Crippen LogP contribution in [-0.2, 0) is 9.59 Å². The Morgan fingerprint density at radius 3 is 2.47 bits per heavy atom. The normalized spacial score (nSPS) is 22.5. The molecule has 5 heteroatoms. The highest BCUT2D eigenvalue weighted by molar-refractivity contribution is 5.96. The molecular formula is C14H19N3O2. The lowest BCUT2D eigenvalue weighted by atomic mass is 9.89. The molecule has 1 fully saturated rings. The van der Waals surface area contributed by atoms with Crippen molar-refractivity contribution in [2.45, 2.75) is 12.3 Å². The predicted molar refractivity (Wildman–Crippen MR) is 72.1 cm³/mol. The summed E-state index contributed by atoms with van der Waals surface area (Å²) in [5.41, 5.74) is 12.0. The second-order valence-electron chi connectivity index (χ2n) is 4.95. The van der Waals surface area contributed by atoms with Crippen LogP contribution in [0, 0.1) is 5.92 Å². The van der Waals surface area contributed by atoms with Crippen LogP contribution in [0.1, 0.15) is 17.9 Å². The number of hydrogen-bond donors (Lipinski definition) is 2. The maximum absolute atomic E-state index is 11.9. The van der Waals surface area contributed by atoms with Gasteiger partial charge >= 0.3 is 0 Å². The van der Waals surface area contributed by atoms with Gasteiger partial charge in [-0.15, -0.1) is 0 Å². The van der Waals surface area contributed by atoms with Gasteiger partial charge in [0.2, 0.25) is 11.8 Å². The van der Waals surface area contributed by atoms with Gasteiger partial charge in [-0.2, -0.15) is 0 Å². The molecule has 0 unspecified atom stereocenters. The van der Waals surface area contributed by atoms with Crippen molar-refractivity contribution in [2.24, 2.45) is 17.4 Å². The Balaban J connectivity index is 2.10. The molecule has 0 radical (unpaired) electrons. The van der Waals surface area contributed by atoms with E-state index in [2.05, 4.69) is 12.1 Å². The molecule has 0 spiro atoms. The van der Waals surface area contributed by atoms with Gasteiger partial charge in [0.05, 0.1) is 0 Å². The number of hydrogen-bond acceptors (Lipinski definition) is 3. The van der Waals surface area contributed by atoms with E-state index in [1.54, 1.807) is 4.90 Å². The van der Waals surface area contributed by atoms with Gasteiger partial charge in [-0.1, -0.05) is 30.3 Å². The Kier molecular flexibility index (Phi) is 4.16. The average molecular weight is 261 g/mol. The highest BCUT2D eigenvalue weighted by Gasteiger charge is 2.35. The molecule has 0 bridgehead atoms. The van der Waals surface area contributed by atoms with Crippen molar-refractivity contribution >= 4 is 11.8 Å². The first kappa shape index (κ1) is 13.5. The fraction of sp³-hybridized carbons (Fsp3) is 0.429. The van der Waals surface area contributed by atoms with Crippen molar-refractivity contribution in [2.75, 3.05) is 19.6 Å². The van der Waals surface area contributed by atoms with Crippen molar-refractivity contribution in [3.8, 4) is 0 Å². The van der Waals surface area contributed by atoms with Gasteiger partial charge in [0.25, 0.3) is 0 Å². The highest BCUT2D eigenvalue weighted by atomic mass is 16.2. The fourth-order valence-corrected chi connectivity index (χ4v) is 2.65. The maximum Gasteiger partial charge on any atom is 0.232 e. The van der Waals surface area contributed by atoms with E-state index >= 15 is 0 Å². The van der Waals surface area contributed by atoms with Gasteiger partial charge in [0.1, 0.15) is 6.42 Å². The van der Waals surface area contributed by atoms with E-state index in [0.717, 1.165) is 0 Å². The SMILES string of the molecule is NC[C@@H]1CN(C(=O)CC(N)=O)C[C@H]1c1ccccc1. The Hall–Kier alpha value is -1.88. The summed E-state index contributed by atoms with van der Waals surface area (Å²) in [5, 5.41) is 0. The molecule has 5 nitrogen and oxygen atoms in total. The van der Waals surface area contributed by atoms with Crippen LogP contribution >= 0.6 is 0 Å². The molecule has 0 aromatic heterocycles. The number of carbonyl (C=O) groups is 2. The third kappa shape index (κ3) is 3.12. The van der Waals surface area contributed by atoms with E-state index in [0.29, 0.717) is 19.6 Å². The summed E-state index contributed by atoms with van der Waals surface area (Å²) in [4.78, 5) is 24.4. The number of rotatable bonds is 4. The zero-order valence-corrected chi connectivity index (χ0v) is 10.8. The first-order valence-electron chi connectivity index (χ1n) is 6.43. The summed E-state index contributed by atoms with van der Waals surface area (Å²) in [6.45, 7) is 1.74. The molecule has 2 rings (SSSR count). The van der Waals surface area contributed by atoms with Crippen LogP contribution in [0.5, 0.6) is 0 Å². The van der Waals surface area contributed by atoms with E-state index in [1.807, 2.05) is 18.2 Å². The lowest BCUT2D eigenvalue weighted by Gasteiger charge is -2.16. The lowest BCUT2D eigenvalue weighted by Crippen LogP contribution is -2.32. The van der Waals surface area contributed by atoms with Crippen LogP contribution in [-0.4, -0.2) is 36.3 Å². The monoisotopic (exact) mass is 261 g/mol. The van der Waals surface area contributed by atoms with Crippen molar-refractivity contribution in [1.82, 2.24) is 4.90 Å². The molecule has 2 atom stereocenters. The summed E-state index contributed by atoms with van der Waals surface area (Å²) < 4.78 is 0. The number of benzene rings is 1. The zero-order chi connectivity index (χ0) is 13.8. The van der Waals surface area contributed by atoms with Gasteiger partial charge in [-0.25, -0.2) is 0 Å². The largest absolute Gasteiger partial charge is 0.369 e. The molecule has 4 N–H and O–H groups in total. The van der Waals surface area contributed by atoms with Gasteiger partial charge in [-0.05, 0) is 18.0 Å². The van der Waals surface area contributed by atoms with Crippen LogP contribution < -0.4 is 11.5 Å². The Bertz CT molecular complexity index is 461. The van der Waals surface area contributed by atoms with Crippen molar-refractivity contribution < 1.29 is 9.59 Å². The van der Waals surface area contributed by atoms with E-state index in [4.69, 9.17) is 11.5 Å². The van der Waals surface area contributed by atoms with Gasteiger partial charge in [-0.3, -0.25) is 9.59 Å². The molecule has 19 heavy (non-hydrogen) atoms. The molecule has 102 valence electrons. The standard InChI is InChI=1S/C14H19N3O2/c15-7-11-8-17(14(19)6-13(16)18)9-12(11)10-4-2-1-3-5-10/h1-5,11-12H,6-9,15H2,(H2,16,18)/t11-,12+/m1/s1. The molecule has 0 saturated carbocycles. The third-order valence-electron chi connectivity index (χ3n) is 3.65. The highest BCUT2D eigenvalue weighted by Crippen LogP contribution is 2.32. The Morgan fingerprint density at radius 2 is 1.89 bits per heavy atom. The van der Waals surface area contributed by atoms with Crippen molar-refractivity contribution in [1.29, 1.82) is 0 Å². The first-order valence-corrected chi connectivity index (χ1v) is 6.43. The summed E-state index contributed by atoms with van der Waals surface area (Å²) >= 11 is 0. The summed E-state index contributed by atoms with van der Waals surface area (Å²) in [6, 6.07) is 10.0. The molecule has 1 aromatic rings. The van der Waals surface area contributed by atoms with Crippen LogP contribution in [0.15, 0.2) is 30.3 Å². The minimum Gasteiger partial charge on any atom is -0.369 e. The summed E-state index contributed by atoms with van der Waals surface area (Å²) in [7, 11) is 0. The minimum atomic E-state index is -0.586. The smallest absolute Gasteiger partial charge is 0.232 e. The molecule has 1 heterocycles. The molecule has 1 aliphatic rings. The van der Waals surface area contributed by atoms with Gasteiger partial charge in [0.15, 0.2) is 0 Å². The summed E-state index contributed by atoms with van der Waals surface area (Å²) in [6.07, 6.45) is -0.223. The molecule has 1 saturated heterocycles. The van der Waals surface area contributed by atoms with Crippen LogP contribution in [0.2, 0.25) is 0 Å². The number of nitrogens with two attached hydrogens (primary N) is 2. The molecule has 2 amide bonds. The number of primary amides is 1. The van der Waals surface area contributed by atoms with E-state index < -0.39 is 5.91 Å². The minimum absolute atomic E-state index is 0.204. The summed E-state index contributed by atoms with van der Waals surface area (Å²) in [5.74, 6) is -0.316. The van der Waals surface area contributed by atoms with Crippen molar-refractivity contribution in [3.63, 3.8) is 0 Å². The predicted octanol–water partition coefficient (Wildman–Crippen LogP) is 0.0627. The number of amides is 2. The topological polar surface area (TPSA) is 89.4 Å². The number of carbonyl (C=O) groups excluding carboxylic acids is 2. The van der Waals surface area contributed by atoms with Gasteiger partial charge in [0, 0.05) is 19.0 Å². The van der Waals surface area contributed by atoms with Crippen LogP contribution in [0.3, 0.4) is 0 Å². The Labute approximate surface area is 112 Å².